The van der Waals surface area contributed by atoms with Crippen LogP contribution in [0.1, 0.15) is 16.5 Å². The fourth-order valence-corrected chi connectivity index (χ4v) is 3.53. The maximum atomic E-state index is 12.6. The van der Waals surface area contributed by atoms with Crippen LogP contribution in [0.25, 0.3) is 5.69 Å². The minimum Gasteiger partial charge on any atom is -0.329 e. The number of carbonyl (C=O) groups excluding carboxylic acids is 1. The van der Waals surface area contributed by atoms with Crippen molar-refractivity contribution in [3.05, 3.63) is 53.9 Å². The normalized spacial score (nSPS) is 19.0. The fourth-order valence-electron chi connectivity index (χ4n) is 2.36. The van der Waals surface area contributed by atoms with Crippen LogP contribution in [0.15, 0.2) is 42.7 Å². The zero-order valence-corrected chi connectivity index (χ0v) is 12.5. The molecule has 0 radical (unpaired) electrons. The second kappa shape index (κ2) is 5.39. The molecule has 0 bridgehead atoms. The van der Waals surface area contributed by atoms with Gasteiger partial charge >= 0.3 is 6.18 Å². The molecule has 1 atom stereocenters. The molecule has 0 saturated carbocycles. The Hall–Kier alpha value is -1.89. The summed E-state index contributed by atoms with van der Waals surface area (Å²) in [5.74, 6) is 0.532. The number of amides is 1. The van der Waals surface area contributed by atoms with Crippen molar-refractivity contribution in [1.82, 2.24) is 9.47 Å². The fraction of sp³-hybridized carbons (Fsp3) is 0.267. The van der Waals surface area contributed by atoms with Gasteiger partial charge in [-0.05, 0) is 30.3 Å². The van der Waals surface area contributed by atoms with E-state index in [1.807, 2.05) is 12.3 Å². The molecule has 116 valence electrons. The number of nitrogens with zero attached hydrogens (tertiary/aromatic N) is 2. The van der Waals surface area contributed by atoms with Gasteiger partial charge in [-0.2, -0.15) is 13.2 Å². The van der Waals surface area contributed by atoms with Crippen molar-refractivity contribution in [1.29, 1.82) is 0 Å². The van der Waals surface area contributed by atoms with E-state index in [0.717, 1.165) is 17.7 Å². The van der Waals surface area contributed by atoms with Gasteiger partial charge in [0.25, 0.3) is 0 Å². The number of rotatable bonds is 2. The quantitative estimate of drug-likeness (QED) is 0.841. The molecule has 3 rings (SSSR count). The van der Waals surface area contributed by atoms with Crippen molar-refractivity contribution in [2.24, 2.45) is 0 Å². The Morgan fingerprint density at radius 1 is 1.18 bits per heavy atom. The Kier molecular flexibility index (Phi) is 3.68. The van der Waals surface area contributed by atoms with E-state index in [1.54, 1.807) is 34.5 Å². The topological polar surface area (TPSA) is 25.2 Å². The van der Waals surface area contributed by atoms with Gasteiger partial charge < -0.3 is 9.47 Å². The van der Waals surface area contributed by atoms with Gasteiger partial charge in [0.2, 0.25) is 5.91 Å². The molecule has 0 unspecified atom stereocenters. The summed E-state index contributed by atoms with van der Waals surface area (Å²) in [5.41, 5.74) is 0.940. The largest absolute Gasteiger partial charge is 0.416 e. The molecule has 3 nitrogen and oxygen atoms in total. The number of thioether (sulfide) groups is 1. The predicted molar refractivity (Wildman–Crippen MR) is 78.7 cm³/mol. The lowest BCUT2D eigenvalue weighted by Gasteiger charge is -2.17. The molecule has 2 aromatic rings. The lowest BCUT2D eigenvalue weighted by Crippen LogP contribution is -2.22. The number of benzene rings is 1. The molecule has 7 heteroatoms. The summed E-state index contributed by atoms with van der Waals surface area (Å²) in [4.78, 5) is 13.2. The van der Waals surface area contributed by atoms with Crippen LogP contribution in [-0.4, -0.2) is 28.2 Å². The molecular formula is C15H13F3N2OS. The SMILES string of the molecule is CN1C(=O)CS[C@@H]1c1ccn(-c2ccc(C(F)(F)F)cc2)c1. The second-order valence-corrected chi connectivity index (χ2v) is 6.13. The van der Waals surface area contributed by atoms with Crippen molar-refractivity contribution < 1.29 is 18.0 Å². The van der Waals surface area contributed by atoms with Crippen LogP contribution in [0.2, 0.25) is 0 Å². The van der Waals surface area contributed by atoms with Gasteiger partial charge in [-0.25, -0.2) is 0 Å². The zero-order chi connectivity index (χ0) is 15.9. The Morgan fingerprint density at radius 2 is 1.86 bits per heavy atom. The standard InChI is InChI=1S/C15H13F3N2OS/c1-19-13(21)9-22-14(19)10-6-7-20(8-10)12-4-2-11(3-5-12)15(16,17)18/h2-8,14H,9H2,1H3/t14-/m1/s1. The van der Waals surface area contributed by atoms with Gasteiger partial charge in [0.05, 0.1) is 11.3 Å². The summed E-state index contributed by atoms with van der Waals surface area (Å²) in [7, 11) is 1.75. The Morgan fingerprint density at radius 3 is 2.41 bits per heavy atom. The first-order chi connectivity index (χ1) is 10.4. The maximum absolute atomic E-state index is 12.6. The van der Waals surface area contributed by atoms with E-state index in [2.05, 4.69) is 0 Å². The first-order valence-corrected chi connectivity index (χ1v) is 7.64. The summed E-state index contributed by atoms with van der Waals surface area (Å²) in [5, 5.41) is -0.0387. The Labute approximate surface area is 129 Å². The molecule has 1 aromatic carbocycles. The van der Waals surface area contributed by atoms with Crippen molar-refractivity contribution in [3.8, 4) is 5.69 Å². The monoisotopic (exact) mass is 326 g/mol. The lowest BCUT2D eigenvalue weighted by atomic mass is 10.2. The molecule has 0 aliphatic carbocycles. The summed E-state index contributed by atoms with van der Waals surface area (Å²) in [6.45, 7) is 0. The van der Waals surface area contributed by atoms with Crippen molar-refractivity contribution in [3.63, 3.8) is 0 Å². The van der Waals surface area contributed by atoms with Gasteiger partial charge in [-0.15, -0.1) is 11.8 Å². The van der Waals surface area contributed by atoms with E-state index >= 15 is 0 Å². The molecule has 0 N–H and O–H groups in total. The summed E-state index contributed by atoms with van der Waals surface area (Å²) in [6.07, 6.45) is -0.700. The van der Waals surface area contributed by atoms with Crippen LogP contribution in [0.5, 0.6) is 0 Å². The average molecular weight is 326 g/mol. The van der Waals surface area contributed by atoms with E-state index in [4.69, 9.17) is 0 Å². The summed E-state index contributed by atoms with van der Waals surface area (Å²) < 4.78 is 39.4. The molecule has 1 aliphatic heterocycles. The van der Waals surface area contributed by atoms with Crippen molar-refractivity contribution >= 4 is 17.7 Å². The minimum atomic E-state index is -4.33. The first-order valence-electron chi connectivity index (χ1n) is 6.59. The van der Waals surface area contributed by atoms with E-state index in [1.165, 1.54) is 12.1 Å². The number of hydrogen-bond acceptors (Lipinski definition) is 2. The van der Waals surface area contributed by atoms with Gasteiger partial charge in [-0.1, -0.05) is 0 Å². The van der Waals surface area contributed by atoms with Gasteiger partial charge in [-0.3, -0.25) is 4.79 Å². The molecular weight excluding hydrogens is 313 g/mol. The number of alkyl halides is 3. The van der Waals surface area contributed by atoms with Crippen LogP contribution >= 0.6 is 11.8 Å². The third-order valence-electron chi connectivity index (χ3n) is 3.60. The summed E-state index contributed by atoms with van der Waals surface area (Å²) in [6, 6.07) is 6.88. The maximum Gasteiger partial charge on any atom is 0.416 e. The Bertz CT molecular complexity index is 694. The lowest BCUT2D eigenvalue weighted by molar-refractivity contribution is -0.137. The highest BCUT2D eigenvalue weighted by Gasteiger charge is 2.31. The molecule has 1 aliphatic rings. The van der Waals surface area contributed by atoms with Gasteiger partial charge in [0.1, 0.15) is 5.37 Å². The van der Waals surface area contributed by atoms with Gasteiger partial charge in [0.15, 0.2) is 0 Å². The highest BCUT2D eigenvalue weighted by atomic mass is 32.2. The van der Waals surface area contributed by atoms with Crippen molar-refractivity contribution in [2.75, 3.05) is 12.8 Å². The number of carbonyl (C=O) groups is 1. The second-order valence-electron chi connectivity index (χ2n) is 5.06. The highest BCUT2D eigenvalue weighted by Crippen LogP contribution is 2.37. The van der Waals surface area contributed by atoms with Crippen LogP contribution in [0.3, 0.4) is 0 Å². The number of halogens is 3. The summed E-state index contributed by atoms with van der Waals surface area (Å²) >= 11 is 1.54. The highest BCUT2D eigenvalue weighted by molar-refractivity contribution is 8.00. The molecule has 1 saturated heterocycles. The Balaban J connectivity index is 1.83. The van der Waals surface area contributed by atoms with E-state index in [-0.39, 0.29) is 11.3 Å². The third-order valence-corrected chi connectivity index (χ3v) is 4.92. The third kappa shape index (κ3) is 2.72. The average Bonchev–Trinajstić information content (AvgIpc) is 3.07. The van der Waals surface area contributed by atoms with Crippen molar-refractivity contribution in [2.45, 2.75) is 11.6 Å². The molecule has 2 heterocycles. The van der Waals surface area contributed by atoms with E-state index < -0.39 is 11.7 Å². The number of aromatic nitrogens is 1. The molecule has 1 aromatic heterocycles. The molecule has 22 heavy (non-hydrogen) atoms. The van der Waals surface area contributed by atoms with Crippen LogP contribution in [0.4, 0.5) is 13.2 Å². The minimum absolute atomic E-state index is 0.0387. The van der Waals surface area contributed by atoms with Crippen LogP contribution < -0.4 is 0 Å². The van der Waals surface area contributed by atoms with Crippen LogP contribution in [0, 0.1) is 0 Å². The molecule has 1 amide bonds. The molecule has 1 fully saturated rings. The van der Waals surface area contributed by atoms with Crippen LogP contribution in [-0.2, 0) is 11.0 Å². The smallest absolute Gasteiger partial charge is 0.329 e. The van der Waals surface area contributed by atoms with E-state index in [0.29, 0.717) is 11.4 Å². The van der Waals surface area contributed by atoms with Gasteiger partial charge in [0, 0.05) is 30.7 Å². The first kappa shape index (κ1) is 15.0. The van der Waals surface area contributed by atoms with E-state index in [9.17, 15) is 18.0 Å². The molecule has 0 spiro atoms. The number of hydrogen-bond donors (Lipinski definition) is 0. The zero-order valence-electron chi connectivity index (χ0n) is 11.7. The predicted octanol–water partition coefficient (Wildman–Crippen LogP) is 3.70.